The monoisotopic (exact) mass is 319 g/mol. The smallest absolute Gasteiger partial charge is 0.264 e. The van der Waals surface area contributed by atoms with Gasteiger partial charge in [-0.15, -0.1) is 0 Å². The van der Waals surface area contributed by atoms with E-state index in [1.807, 2.05) is 13.8 Å². The first-order valence-electron chi connectivity index (χ1n) is 6.64. The van der Waals surface area contributed by atoms with E-state index in [1.54, 1.807) is 12.1 Å². The molecule has 0 bridgehead atoms. The molecule has 2 N–H and O–H groups in total. The van der Waals surface area contributed by atoms with E-state index in [0.717, 1.165) is 0 Å². The number of halogens is 1. The molecule has 0 spiro atoms. The molecule has 0 aromatic heterocycles. The van der Waals surface area contributed by atoms with Gasteiger partial charge in [0.05, 0.1) is 11.9 Å². The molecule has 0 amide bonds. The van der Waals surface area contributed by atoms with E-state index < -0.39 is 15.7 Å². The zero-order valence-corrected chi connectivity index (χ0v) is 13.3. The third kappa shape index (κ3) is 6.09. The van der Waals surface area contributed by atoms with Crippen LogP contribution in [0.25, 0.3) is 0 Å². The molecule has 1 aromatic carbocycles. The van der Waals surface area contributed by atoms with Gasteiger partial charge in [0.2, 0.25) is 0 Å². The lowest BCUT2D eigenvalue weighted by Crippen LogP contribution is -2.46. The summed E-state index contributed by atoms with van der Waals surface area (Å²) >= 11 is 0. The van der Waals surface area contributed by atoms with Gasteiger partial charge in [0.25, 0.3) is 10.1 Å². The number of rotatable bonds is 8. The Balaban J connectivity index is 2.69. The van der Waals surface area contributed by atoms with Gasteiger partial charge < -0.3 is 10.1 Å². The molecule has 1 unspecified atom stereocenters. The second kappa shape index (κ2) is 7.31. The summed E-state index contributed by atoms with van der Waals surface area (Å²) in [5.41, 5.74) is 0.173. The predicted octanol–water partition coefficient (Wildman–Crippen LogP) is 2.16. The minimum atomic E-state index is -3.95. The molecule has 1 rings (SSSR count). The van der Waals surface area contributed by atoms with Gasteiger partial charge in [0.1, 0.15) is 5.82 Å². The molecular weight excluding hydrogens is 297 g/mol. The van der Waals surface area contributed by atoms with Gasteiger partial charge >= 0.3 is 0 Å². The quantitative estimate of drug-likeness (QED) is 0.567. The first-order chi connectivity index (χ1) is 9.65. The summed E-state index contributed by atoms with van der Waals surface area (Å²) in [6, 6.07) is 6.17. The van der Waals surface area contributed by atoms with E-state index in [0.29, 0.717) is 12.1 Å². The molecule has 0 aliphatic heterocycles. The summed E-state index contributed by atoms with van der Waals surface area (Å²) in [6.07, 6.45) is -0.110. The lowest BCUT2D eigenvalue weighted by atomic mass is 9.91. The van der Waals surface area contributed by atoms with Crippen molar-refractivity contribution in [2.24, 2.45) is 0 Å². The van der Waals surface area contributed by atoms with Gasteiger partial charge in [-0.2, -0.15) is 8.42 Å². The highest BCUT2D eigenvalue weighted by Crippen LogP contribution is 2.29. The highest BCUT2D eigenvalue weighted by molar-refractivity contribution is 7.85. The van der Waals surface area contributed by atoms with E-state index in [2.05, 4.69) is 5.32 Å². The molecule has 0 saturated heterocycles. The SMILES string of the molecule is COC(c1cccc(F)c1)C(C)(C)NCCCS(=O)(=O)O. The number of nitrogens with one attached hydrogen (secondary N) is 1. The molecule has 0 saturated carbocycles. The van der Waals surface area contributed by atoms with Gasteiger partial charge in [-0.25, -0.2) is 4.39 Å². The first kappa shape index (κ1) is 18.0. The van der Waals surface area contributed by atoms with Crippen LogP contribution in [0.4, 0.5) is 4.39 Å². The molecule has 0 radical (unpaired) electrons. The standard InChI is InChI=1S/C14H22FNO4S/c1-14(2,16-8-5-9-21(17,18)19)13(20-3)11-6-4-7-12(15)10-11/h4,6-7,10,13,16H,5,8-9H2,1-3H3,(H,17,18,19). The van der Waals surface area contributed by atoms with Crippen molar-refractivity contribution >= 4 is 10.1 Å². The fraction of sp³-hybridized carbons (Fsp3) is 0.571. The zero-order chi connectivity index (χ0) is 16.1. The number of hydrogen-bond donors (Lipinski definition) is 2. The number of methoxy groups -OCH3 is 1. The van der Waals surface area contributed by atoms with Crippen LogP contribution in [-0.2, 0) is 14.9 Å². The zero-order valence-electron chi connectivity index (χ0n) is 12.5. The Labute approximate surface area is 125 Å². The van der Waals surface area contributed by atoms with Gasteiger partial charge in [0.15, 0.2) is 0 Å². The van der Waals surface area contributed by atoms with Crippen molar-refractivity contribution in [1.82, 2.24) is 5.32 Å². The van der Waals surface area contributed by atoms with Crippen LogP contribution < -0.4 is 5.32 Å². The van der Waals surface area contributed by atoms with Gasteiger partial charge in [-0.05, 0) is 44.5 Å². The number of ether oxygens (including phenoxy) is 1. The van der Waals surface area contributed by atoms with Crippen LogP contribution in [0, 0.1) is 5.82 Å². The molecule has 120 valence electrons. The normalized spacial score (nSPS) is 14.1. The molecule has 1 aromatic rings. The Morgan fingerprint density at radius 3 is 2.62 bits per heavy atom. The average molecular weight is 319 g/mol. The maximum atomic E-state index is 13.3. The third-order valence-corrected chi connectivity index (χ3v) is 4.01. The number of hydrogen-bond acceptors (Lipinski definition) is 4. The summed E-state index contributed by atoms with van der Waals surface area (Å²) in [4.78, 5) is 0. The molecule has 21 heavy (non-hydrogen) atoms. The lowest BCUT2D eigenvalue weighted by Gasteiger charge is -2.35. The van der Waals surface area contributed by atoms with Gasteiger partial charge in [-0.1, -0.05) is 12.1 Å². The molecule has 0 aliphatic rings. The summed E-state index contributed by atoms with van der Waals surface area (Å²) in [5.74, 6) is -0.634. The van der Waals surface area contributed by atoms with Crippen LogP contribution in [0.2, 0.25) is 0 Å². The highest BCUT2D eigenvalue weighted by atomic mass is 32.2. The molecule has 1 atom stereocenters. The van der Waals surface area contributed by atoms with Crippen molar-refractivity contribution in [1.29, 1.82) is 0 Å². The first-order valence-corrected chi connectivity index (χ1v) is 8.25. The topological polar surface area (TPSA) is 75.6 Å². The fourth-order valence-electron chi connectivity index (χ4n) is 2.27. The van der Waals surface area contributed by atoms with Crippen molar-refractivity contribution < 1.29 is 22.1 Å². The van der Waals surface area contributed by atoms with Crippen molar-refractivity contribution in [3.63, 3.8) is 0 Å². The molecule has 7 heteroatoms. The van der Waals surface area contributed by atoms with E-state index >= 15 is 0 Å². The fourth-order valence-corrected chi connectivity index (χ4v) is 2.78. The van der Waals surface area contributed by atoms with Crippen LogP contribution in [-0.4, -0.2) is 37.9 Å². The predicted molar refractivity (Wildman–Crippen MR) is 79.3 cm³/mol. The minimum Gasteiger partial charge on any atom is -0.375 e. The van der Waals surface area contributed by atoms with E-state index in [9.17, 15) is 12.8 Å². The Kier molecular flexibility index (Phi) is 6.27. The second-order valence-corrected chi connectivity index (χ2v) is 7.03. The van der Waals surface area contributed by atoms with Crippen LogP contribution in [0.15, 0.2) is 24.3 Å². The van der Waals surface area contributed by atoms with Crippen LogP contribution >= 0.6 is 0 Å². The summed E-state index contributed by atoms with van der Waals surface area (Å²) in [7, 11) is -2.41. The van der Waals surface area contributed by atoms with Crippen molar-refractivity contribution in [2.75, 3.05) is 19.4 Å². The van der Waals surface area contributed by atoms with Gasteiger partial charge in [0, 0.05) is 12.6 Å². The van der Waals surface area contributed by atoms with Crippen molar-refractivity contribution in [2.45, 2.75) is 31.9 Å². The van der Waals surface area contributed by atoms with Crippen LogP contribution in [0.3, 0.4) is 0 Å². The van der Waals surface area contributed by atoms with Crippen molar-refractivity contribution in [3.8, 4) is 0 Å². The number of benzene rings is 1. The van der Waals surface area contributed by atoms with Gasteiger partial charge in [-0.3, -0.25) is 4.55 Å². The Hall–Kier alpha value is -1.02. The second-order valence-electron chi connectivity index (χ2n) is 5.46. The van der Waals surface area contributed by atoms with Crippen molar-refractivity contribution in [3.05, 3.63) is 35.6 Å². The van der Waals surface area contributed by atoms with E-state index in [1.165, 1.54) is 19.2 Å². The maximum Gasteiger partial charge on any atom is 0.264 e. The lowest BCUT2D eigenvalue weighted by molar-refractivity contribution is 0.0312. The minimum absolute atomic E-state index is 0.280. The van der Waals surface area contributed by atoms with E-state index in [-0.39, 0.29) is 24.1 Å². The Morgan fingerprint density at radius 2 is 2.10 bits per heavy atom. The van der Waals surface area contributed by atoms with E-state index in [4.69, 9.17) is 9.29 Å². The summed E-state index contributed by atoms with van der Waals surface area (Å²) in [6.45, 7) is 4.17. The third-order valence-electron chi connectivity index (χ3n) is 3.20. The molecule has 0 heterocycles. The Bertz CT molecular complexity index is 560. The average Bonchev–Trinajstić information content (AvgIpc) is 2.34. The summed E-state index contributed by atoms with van der Waals surface area (Å²) < 4.78 is 48.8. The molecular formula is C14H22FNO4S. The largest absolute Gasteiger partial charge is 0.375 e. The molecule has 0 fully saturated rings. The van der Waals surface area contributed by atoms with Crippen LogP contribution in [0.5, 0.6) is 0 Å². The molecule has 0 aliphatic carbocycles. The highest BCUT2D eigenvalue weighted by Gasteiger charge is 2.30. The van der Waals surface area contributed by atoms with Crippen LogP contribution in [0.1, 0.15) is 31.9 Å². The Morgan fingerprint density at radius 1 is 1.43 bits per heavy atom. The maximum absolute atomic E-state index is 13.3. The molecule has 5 nitrogen and oxygen atoms in total. The summed E-state index contributed by atoms with van der Waals surface area (Å²) in [5, 5.41) is 3.18.